The number of nitrogens with zero attached hydrogens (tertiary/aromatic N) is 2. The molecular formula is C64H42N2O. The summed E-state index contributed by atoms with van der Waals surface area (Å²) in [6, 6.07) is 81.1. The van der Waals surface area contributed by atoms with E-state index in [1.807, 2.05) is 0 Å². The molecule has 12 aromatic rings. The van der Waals surface area contributed by atoms with Crippen LogP contribution in [0.2, 0.25) is 0 Å². The van der Waals surface area contributed by atoms with Crippen molar-refractivity contribution in [1.82, 2.24) is 4.57 Å². The predicted octanol–water partition coefficient (Wildman–Crippen LogP) is 16.8. The van der Waals surface area contributed by atoms with Gasteiger partial charge in [-0.1, -0.05) is 172 Å². The highest BCUT2D eigenvalue weighted by atomic mass is 16.3. The zero-order valence-corrected chi connectivity index (χ0v) is 37.1. The van der Waals surface area contributed by atoms with E-state index in [1.165, 1.54) is 83.1 Å². The molecule has 2 heterocycles. The fourth-order valence-electron chi connectivity index (χ4n) is 12.8. The number of furan rings is 1. The van der Waals surface area contributed by atoms with Gasteiger partial charge in [0.1, 0.15) is 5.58 Å². The molecule has 10 aromatic carbocycles. The number of hydrogen-bond acceptors (Lipinski definition) is 2. The number of aromatic nitrogens is 1. The molecule has 3 aliphatic rings. The van der Waals surface area contributed by atoms with Crippen LogP contribution in [0.3, 0.4) is 0 Å². The zero-order chi connectivity index (χ0) is 44.2. The number of para-hydroxylation sites is 3. The quantitative estimate of drug-likeness (QED) is 0.176. The van der Waals surface area contributed by atoms with Crippen molar-refractivity contribution < 1.29 is 4.42 Å². The van der Waals surface area contributed by atoms with Gasteiger partial charge in [-0.3, -0.25) is 0 Å². The van der Waals surface area contributed by atoms with Crippen LogP contribution >= 0.6 is 0 Å². The molecule has 0 N–H and O–H groups in total. The molecule has 3 heteroatoms. The molecule has 0 saturated heterocycles. The summed E-state index contributed by atoms with van der Waals surface area (Å²) >= 11 is 0. The summed E-state index contributed by atoms with van der Waals surface area (Å²) in [6.45, 7) is 4.73. The molecule has 3 nitrogen and oxygen atoms in total. The van der Waals surface area contributed by atoms with Gasteiger partial charge >= 0.3 is 0 Å². The van der Waals surface area contributed by atoms with Gasteiger partial charge in [-0.2, -0.15) is 0 Å². The molecule has 15 rings (SSSR count). The highest BCUT2D eigenvalue weighted by Crippen LogP contribution is 2.64. The maximum atomic E-state index is 6.88. The second kappa shape index (κ2) is 13.1. The second-order valence-electron chi connectivity index (χ2n) is 19.1. The Morgan fingerprint density at radius 1 is 0.403 bits per heavy atom. The summed E-state index contributed by atoms with van der Waals surface area (Å²) in [7, 11) is 0. The van der Waals surface area contributed by atoms with E-state index in [4.69, 9.17) is 4.42 Å². The van der Waals surface area contributed by atoms with Gasteiger partial charge in [0.2, 0.25) is 0 Å². The molecular weight excluding hydrogens is 813 g/mol. The van der Waals surface area contributed by atoms with Crippen LogP contribution in [0, 0.1) is 0 Å². The molecule has 0 bridgehead atoms. The van der Waals surface area contributed by atoms with E-state index in [1.54, 1.807) is 0 Å². The van der Waals surface area contributed by atoms with Crippen molar-refractivity contribution in [2.75, 3.05) is 4.90 Å². The Morgan fingerprint density at radius 2 is 0.970 bits per heavy atom. The van der Waals surface area contributed by atoms with Gasteiger partial charge in [0, 0.05) is 44.0 Å². The summed E-state index contributed by atoms with van der Waals surface area (Å²) in [4.78, 5) is 2.44. The minimum Gasteiger partial charge on any atom is -0.454 e. The maximum Gasteiger partial charge on any atom is 0.159 e. The van der Waals surface area contributed by atoms with Crippen LogP contribution < -0.4 is 4.90 Å². The van der Waals surface area contributed by atoms with Gasteiger partial charge < -0.3 is 13.9 Å². The molecule has 0 fully saturated rings. The minimum absolute atomic E-state index is 0.173. The summed E-state index contributed by atoms with van der Waals surface area (Å²) in [5.41, 5.74) is 23.7. The number of hydrogen-bond donors (Lipinski definition) is 0. The van der Waals surface area contributed by atoms with Crippen molar-refractivity contribution >= 4 is 60.8 Å². The fraction of sp³-hybridized carbons (Fsp3) is 0.0625. The Hall–Kier alpha value is -8.40. The first kappa shape index (κ1) is 36.9. The zero-order valence-electron chi connectivity index (χ0n) is 37.1. The Labute approximate surface area is 388 Å². The normalized spacial score (nSPS) is 14.4. The monoisotopic (exact) mass is 854 g/mol. The summed E-state index contributed by atoms with van der Waals surface area (Å²) < 4.78 is 9.35. The Bertz CT molecular complexity index is 4040. The van der Waals surface area contributed by atoms with Gasteiger partial charge in [0.05, 0.1) is 22.1 Å². The lowest BCUT2D eigenvalue weighted by molar-refractivity contribution is 0.660. The van der Waals surface area contributed by atoms with Crippen molar-refractivity contribution in [2.45, 2.75) is 24.7 Å². The molecule has 0 aliphatic heterocycles. The standard InChI is InChI=1S/C64H42N2O/c1-63(2)50-25-11-6-19-42(50)45-33-31-41(38-55(45)63)65(58-29-16-24-47-46-22-10-15-30-59(46)67-62(47)58)40-32-35-56-49(37-40)61-57(66(56)39-17-4-3-5-18-39)36-34-54-60(61)48-23-9-14-28-53(48)64(54)51-26-12-7-20-43(51)44-21-8-13-27-52(44)64/h3-38H,1-2H3. The lowest BCUT2D eigenvalue weighted by atomic mass is 9.70. The second-order valence-corrected chi connectivity index (χ2v) is 19.1. The van der Waals surface area contributed by atoms with Gasteiger partial charge in [0.25, 0.3) is 0 Å². The lowest BCUT2D eigenvalue weighted by Crippen LogP contribution is -2.25. The first-order chi connectivity index (χ1) is 33.0. The van der Waals surface area contributed by atoms with E-state index in [9.17, 15) is 0 Å². The highest BCUT2D eigenvalue weighted by Gasteiger charge is 2.52. The van der Waals surface area contributed by atoms with E-state index >= 15 is 0 Å². The number of benzene rings is 10. The van der Waals surface area contributed by atoms with Crippen LogP contribution in [0.5, 0.6) is 0 Å². The summed E-state index contributed by atoms with van der Waals surface area (Å²) in [6.07, 6.45) is 0. The lowest BCUT2D eigenvalue weighted by Gasteiger charge is -2.30. The number of anilines is 3. The van der Waals surface area contributed by atoms with Crippen LogP contribution in [0.1, 0.15) is 47.2 Å². The minimum atomic E-state index is -0.455. The van der Waals surface area contributed by atoms with Crippen molar-refractivity contribution in [3.8, 4) is 39.1 Å². The molecule has 1 spiro atoms. The first-order valence-electron chi connectivity index (χ1n) is 23.4. The van der Waals surface area contributed by atoms with Crippen molar-refractivity contribution in [2.24, 2.45) is 0 Å². The molecule has 0 saturated carbocycles. The summed E-state index contributed by atoms with van der Waals surface area (Å²) in [5, 5.41) is 4.68. The Kier molecular flexibility index (Phi) is 7.22. The third kappa shape index (κ3) is 4.65. The molecule has 314 valence electrons. The Morgan fingerprint density at radius 3 is 1.73 bits per heavy atom. The Balaban J connectivity index is 1.06. The average molecular weight is 855 g/mol. The van der Waals surface area contributed by atoms with Crippen molar-refractivity contribution in [3.05, 3.63) is 252 Å². The van der Waals surface area contributed by atoms with Crippen molar-refractivity contribution in [3.63, 3.8) is 0 Å². The summed E-state index contributed by atoms with van der Waals surface area (Å²) in [5.74, 6) is 0. The van der Waals surface area contributed by atoms with Gasteiger partial charge in [0.15, 0.2) is 5.58 Å². The van der Waals surface area contributed by atoms with Crippen LogP contribution in [0.25, 0.3) is 82.8 Å². The van der Waals surface area contributed by atoms with Crippen LogP contribution in [-0.4, -0.2) is 4.57 Å². The number of fused-ring (bicyclic) bond motifs is 20. The van der Waals surface area contributed by atoms with Crippen molar-refractivity contribution in [1.29, 1.82) is 0 Å². The molecule has 0 radical (unpaired) electrons. The smallest absolute Gasteiger partial charge is 0.159 e. The third-order valence-electron chi connectivity index (χ3n) is 15.6. The van der Waals surface area contributed by atoms with Gasteiger partial charge in [-0.25, -0.2) is 0 Å². The van der Waals surface area contributed by atoms with Gasteiger partial charge in [-0.05, 0) is 127 Å². The van der Waals surface area contributed by atoms with Crippen LogP contribution in [-0.2, 0) is 10.8 Å². The highest BCUT2D eigenvalue weighted by molar-refractivity contribution is 6.20. The third-order valence-corrected chi connectivity index (χ3v) is 15.6. The SMILES string of the molecule is CC1(C)c2ccccc2-c2ccc(N(c3ccc4c(c3)c3c5c(ccc3n4-c3ccccc3)C3(c4ccccc4-c4ccccc43)c3ccccc3-5)c3cccc4c3oc3ccccc34)cc21. The molecule has 0 amide bonds. The number of rotatable bonds is 4. The first-order valence-corrected chi connectivity index (χ1v) is 23.4. The van der Waals surface area contributed by atoms with E-state index in [0.717, 1.165) is 50.2 Å². The molecule has 67 heavy (non-hydrogen) atoms. The van der Waals surface area contributed by atoms with E-state index in [0.29, 0.717) is 0 Å². The maximum absolute atomic E-state index is 6.88. The van der Waals surface area contributed by atoms with E-state index in [2.05, 4.69) is 242 Å². The van der Waals surface area contributed by atoms with E-state index in [-0.39, 0.29) is 5.41 Å². The molecule has 0 atom stereocenters. The topological polar surface area (TPSA) is 21.3 Å². The predicted molar refractivity (Wildman–Crippen MR) is 277 cm³/mol. The average Bonchev–Trinajstić information content (AvgIpc) is 4.15. The molecule has 0 unspecified atom stereocenters. The fourth-order valence-corrected chi connectivity index (χ4v) is 12.8. The van der Waals surface area contributed by atoms with Gasteiger partial charge in [-0.15, -0.1) is 0 Å². The van der Waals surface area contributed by atoms with Crippen LogP contribution in [0.4, 0.5) is 17.1 Å². The molecule has 3 aliphatic carbocycles. The molecule has 2 aromatic heterocycles. The largest absolute Gasteiger partial charge is 0.454 e. The van der Waals surface area contributed by atoms with E-state index < -0.39 is 5.41 Å². The van der Waals surface area contributed by atoms with Crippen LogP contribution in [0.15, 0.2) is 223 Å².